The van der Waals surface area contributed by atoms with Crippen LogP contribution in [-0.4, -0.2) is 69.0 Å². The molecule has 0 bridgehead atoms. The third-order valence-corrected chi connectivity index (χ3v) is 4.08. The van der Waals surface area contributed by atoms with E-state index in [1.165, 1.54) is 0 Å². The van der Waals surface area contributed by atoms with Crippen molar-refractivity contribution in [2.45, 2.75) is 38.9 Å². The zero-order chi connectivity index (χ0) is 19.4. The number of rotatable bonds is 11. The molecule has 0 saturated heterocycles. The summed E-state index contributed by atoms with van der Waals surface area (Å²) in [6, 6.07) is 9.63. The molecule has 0 amide bonds. The monoisotopic (exact) mass is 364 g/mol. The lowest BCUT2D eigenvalue weighted by Gasteiger charge is -2.24. The molecule has 6 nitrogen and oxygen atoms in total. The minimum atomic E-state index is -1.01. The van der Waals surface area contributed by atoms with Crippen LogP contribution in [0.25, 0.3) is 0 Å². The van der Waals surface area contributed by atoms with Crippen molar-refractivity contribution in [1.82, 2.24) is 15.5 Å². The standard InChI is InChI=1S/C20H36N4O2/c1-6-21-19(22-15-18(26-7-2)13-14-24(4)5)23-16-20(3,25)17-11-9-8-10-12-17/h8-12,18,25H,6-7,13-16H2,1-5H3,(H2,21,22,23). The van der Waals surface area contributed by atoms with E-state index in [-0.39, 0.29) is 12.6 Å². The van der Waals surface area contributed by atoms with Crippen molar-refractivity contribution in [1.29, 1.82) is 0 Å². The van der Waals surface area contributed by atoms with Crippen LogP contribution in [0, 0.1) is 0 Å². The SMILES string of the molecule is CCNC(=NCC(C)(O)c1ccccc1)NCC(CCN(C)C)OCC. The molecule has 0 fully saturated rings. The van der Waals surface area contributed by atoms with Gasteiger partial charge in [-0.05, 0) is 46.9 Å². The summed E-state index contributed by atoms with van der Waals surface area (Å²) in [5.74, 6) is 0.693. The van der Waals surface area contributed by atoms with Gasteiger partial charge in [-0.2, -0.15) is 0 Å². The fourth-order valence-electron chi connectivity index (χ4n) is 2.56. The predicted molar refractivity (Wildman–Crippen MR) is 109 cm³/mol. The van der Waals surface area contributed by atoms with E-state index in [1.807, 2.05) is 44.2 Å². The van der Waals surface area contributed by atoms with Crippen LogP contribution < -0.4 is 10.6 Å². The molecular weight excluding hydrogens is 328 g/mol. The maximum absolute atomic E-state index is 10.7. The van der Waals surface area contributed by atoms with E-state index >= 15 is 0 Å². The Morgan fingerprint density at radius 3 is 2.50 bits per heavy atom. The number of ether oxygens (including phenoxy) is 1. The lowest BCUT2D eigenvalue weighted by Crippen LogP contribution is -2.43. The topological polar surface area (TPSA) is 69.1 Å². The molecule has 1 aromatic carbocycles. The Morgan fingerprint density at radius 2 is 1.92 bits per heavy atom. The summed E-state index contributed by atoms with van der Waals surface area (Å²) in [4.78, 5) is 6.72. The summed E-state index contributed by atoms with van der Waals surface area (Å²) in [6.45, 7) is 9.21. The van der Waals surface area contributed by atoms with E-state index in [1.54, 1.807) is 6.92 Å². The maximum atomic E-state index is 10.7. The van der Waals surface area contributed by atoms with Gasteiger partial charge in [-0.15, -0.1) is 0 Å². The highest BCUT2D eigenvalue weighted by Crippen LogP contribution is 2.20. The van der Waals surface area contributed by atoms with E-state index in [2.05, 4.69) is 34.6 Å². The molecule has 1 aromatic rings. The summed E-state index contributed by atoms with van der Waals surface area (Å²) in [6.07, 6.45) is 1.08. The van der Waals surface area contributed by atoms with Crippen LogP contribution in [0.3, 0.4) is 0 Å². The molecule has 1 rings (SSSR count). The fourth-order valence-corrected chi connectivity index (χ4v) is 2.56. The van der Waals surface area contributed by atoms with Gasteiger partial charge >= 0.3 is 0 Å². The molecule has 0 aliphatic carbocycles. The number of nitrogens with zero attached hydrogens (tertiary/aromatic N) is 2. The fraction of sp³-hybridized carbons (Fsp3) is 0.650. The molecule has 6 heteroatoms. The number of hydrogen-bond acceptors (Lipinski definition) is 4. The summed E-state index contributed by atoms with van der Waals surface area (Å²) < 4.78 is 5.81. The summed E-state index contributed by atoms with van der Waals surface area (Å²) in [5.41, 5.74) is -0.147. The molecule has 0 saturated carbocycles. The number of benzene rings is 1. The molecule has 0 aromatic heterocycles. The highest BCUT2D eigenvalue weighted by molar-refractivity contribution is 5.79. The van der Waals surface area contributed by atoms with Gasteiger partial charge in [0.05, 0.1) is 12.6 Å². The first kappa shape index (κ1) is 22.4. The van der Waals surface area contributed by atoms with E-state index in [0.29, 0.717) is 19.1 Å². The van der Waals surface area contributed by atoms with Crippen molar-refractivity contribution < 1.29 is 9.84 Å². The molecule has 148 valence electrons. The van der Waals surface area contributed by atoms with Crippen molar-refractivity contribution in [2.24, 2.45) is 4.99 Å². The summed E-state index contributed by atoms with van der Waals surface area (Å²) in [7, 11) is 4.13. The number of aliphatic hydroxyl groups is 1. The molecule has 0 aliphatic rings. The number of aliphatic imine (C=N–C) groups is 1. The maximum Gasteiger partial charge on any atom is 0.191 e. The first-order chi connectivity index (χ1) is 12.4. The Kier molecular flexibility index (Phi) is 10.2. The quantitative estimate of drug-likeness (QED) is 0.413. The Labute approximate surface area is 158 Å². The average molecular weight is 365 g/mol. The number of guanidine groups is 1. The molecule has 0 spiro atoms. The second-order valence-corrected chi connectivity index (χ2v) is 6.89. The smallest absolute Gasteiger partial charge is 0.191 e. The second kappa shape index (κ2) is 11.9. The highest BCUT2D eigenvalue weighted by Gasteiger charge is 2.22. The first-order valence-electron chi connectivity index (χ1n) is 9.45. The molecular formula is C20H36N4O2. The lowest BCUT2D eigenvalue weighted by atomic mass is 9.96. The molecule has 0 aliphatic heterocycles. The van der Waals surface area contributed by atoms with Gasteiger partial charge in [-0.1, -0.05) is 30.3 Å². The van der Waals surface area contributed by atoms with Gasteiger partial charge in [0.15, 0.2) is 5.96 Å². The van der Waals surface area contributed by atoms with E-state index in [4.69, 9.17) is 4.74 Å². The Hall–Kier alpha value is -1.63. The Bertz CT molecular complexity index is 518. The van der Waals surface area contributed by atoms with Gasteiger partial charge in [-0.3, -0.25) is 0 Å². The highest BCUT2D eigenvalue weighted by atomic mass is 16.5. The molecule has 2 unspecified atom stereocenters. The third kappa shape index (κ3) is 8.65. The third-order valence-electron chi connectivity index (χ3n) is 4.08. The molecule has 0 heterocycles. The van der Waals surface area contributed by atoms with Crippen molar-refractivity contribution >= 4 is 5.96 Å². The van der Waals surface area contributed by atoms with Gasteiger partial charge < -0.3 is 25.4 Å². The van der Waals surface area contributed by atoms with Gasteiger partial charge in [-0.25, -0.2) is 4.99 Å². The number of hydrogen-bond donors (Lipinski definition) is 3. The minimum Gasteiger partial charge on any atom is -0.384 e. The average Bonchev–Trinajstić information content (AvgIpc) is 2.62. The molecule has 2 atom stereocenters. The Morgan fingerprint density at radius 1 is 1.23 bits per heavy atom. The largest absolute Gasteiger partial charge is 0.384 e. The van der Waals surface area contributed by atoms with Crippen LogP contribution in [0.5, 0.6) is 0 Å². The zero-order valence-corrected chi connectivity index (χ0v) is 17.0. The zero-order valence-electron chi connectivity index (χ0n) is 17.0. The number of nitrogens with one attached hydrogen (secondary N) is 2. The van der Waals surface area contributed by atoms with Crippen LogP contribution in [0.1, 0.15) is 32.8 Å². The van der Waals surface area contributed by atoms with Crippen molar-refractivity contribution in [2.75, 3.05) is 46.9 Å². The Balaban J connectivity index is 2.66. The van der Waals surface area contributed by atoms with Crippen LogP contribution in [0.15, 0.2) is 35.3 Å². The molecule has 0 radical (unpaired) electrons. The first-order valence-corrected chi connectivity index (χ1v) is 9.45. The predicted octanol–water partition coefficient (Wildman–Crippen LogP) is 1.81. The van der Waals surface area contributed by atoms with Crippen LogP contribution in [0.2, 0.25) is 0 Å². The normalized spacial score (nSPS) is 15.6. The molecule has 26 heavy (non-hydrogen) atoms. The van der Waals surface area contributed by atoms with Gasteiger partial charge in [0.1, 0.15) is 5.60 Å². The van der Waals surface area contributed by atoms with Gasteiger partial charge in [0.25, 0.3) is 0 Å². The van der Waals surface area contributed by atoms with Crippen molar-refractivity contribution in [3.8, 4) is 0 Å². The molecule has 3 N–H and O–H groups in total. The van der Waals surface area contributed by atoms with Crippen molar-refractivity contribution in [3.05, 3.63) is 35.9 Å². The minimum absolute atomic E-state index is 0.126. The van der Waals surface area contributed by atoms with Crippen LogP contribution in [0.4, 0.5) is 0 Å². The van der Waals surface area contributed by atoms with E-state index in [0.717, 1.165) is 25.1 Å². The van der Waals surface area contributed by atoms with E-state index < -0.39 is 5.60 Å². The second-order valence-electron chi connectivity index (χ2n) is 6.89. The lowest BCUT2D eigenvalue weighted by molar-refractivity contribution is 0.0546. The van der Waals surface area contributed by atoms with Gasteiger partial charge in [0.2, 0.25) is 0 Å². The summed E-state index contributed by atoms with van der Waals surface area (Å²) in [5, 5.41) is 17.3. The van der Waals surface area contributed by atoms with Gasteiger partial charge in [0, 0.05) is 26.2 Å². The summed E-state index contributed by atoms with van der Waals surface area (Å²) >= 11 is 0. The van der Waals surface area contributed by atoms with Crippen LogP contribution >= 0.6 is 0 Å². The van der Waals surface area contributed by atoms with Crippen molar-refractivity contribution in [3.63, 3.8) is 0 Å². The van der Waals surface area contributed by atoms with Crippen LogP contribution in [-0.2, 0) is 10.3 Å². The van der Waals surface area contributed by atoms with E-state index in [9.17, 15) is 5.11 Å².